The van der Waals surface area contributed by atoms with Crippen molar-refractivity contribution in [2.45, 2.75) is 13.3 Å². The van der Waals surface area contributed by atoms with E-state index in [1.54, 1.807) is 0 Å². The van der Waals surface area contributed by atoms with Crippen molar-refractivity contribution >= 4 is 11.6 Å². The molecular weight excluding hydrogens is 205 g/mol. The van der Waals surface area contributed by atoms with E-state index >= 15 is 0 Å². The van der Waals surface area contributed by atoms with E-state index in [2.05, 4.69) is 0 Å². The van der Waals surface area contributed by atoms with Crippen molar-refractivity contribution in [3.63, 3.8) is 0 Å². The van der Waals surface area contributed by atoms with Crippen molar-refractivity contribution in [2.75, 3.05) is 6.54 Å². The predicted molar refractivity (Wildman–Crippen MR) is 55.0 cm³/mol. The second-order valence-corrected chi connectivity index (χ2v) is 3.85. The molecule has 0 saturated carbocycles. The molecule has 0 amide bonds. The van der Waals surface area contributed by atoms with E-state index in [0.717, 1.165) is 6.07 Å². The van der Waals surface area contributed by atoms with Gasteiger partial charge in [-0.2, -0.15) is 0 Å². The highest BCUT2D eigenvalue weighted by atomic mass is 35.5. The summed E-state index contributed by atoms with van der Waals surface area (Å²) in [7, 11) is 0. The van der Waals surface area contributed by atoms with Crippen LogP contribution < -0.4 is 5.73 Å². The lowest BCUT2D eigenvalue weighted by atomic mass is 10.0. The Morgan fingerprint density at radius 1 is 1.57 bits per heavy atom. The van der Waals surface area contributed by atoms with Gasteiger partial charge in [0.05, 0.1) is 5.02 Å². The van der Waals surface area contributed by atoms with Gasteiger partial charge in [0.2, 0.25) is 0 Å². The van der Waals surface area contributed by atoms with Crippen LogP contribution in [0.15, 0.2) is 12.1 Å². The van der Waals surface area contributed by atoms with Crippen LogP contribution in [0.5, 0.6) is 5.75 Å². The summed E-state index contributed by atoms with van der Waals surface area (Å²) >= 11 is 5.62. The lowest BCUT2D eigenvalue weighted by Gasteiger charge is -2.10. The Kier molecular flexibility index (Phi) is 3.72. The maximum Gasteiger partial charge on any atom is 0.137 e. The molecule has 0 heterocycles. The maximum absolute atomic E-state index is 12.9. The summed E-state index contributed by atoms with van der Waals surface area (Å²) in [5, 5.41) is 9.57. The smallest absolute Gasteiger partial charge is 0.137 e. The van der Waals surface area contributed by atoms with Crippen molar-refractivity contribution < 1.29 is 9.50 Å². The van der Waals surface area contributed by atoms with E-state index in [0.29, 0.717) is 18.5 Å². The molecule has 14 heavy (non-hydrogen) atoms. The number of phenolic OH excluding ortho intramolecular Hbond substituents is 1. The van der Waals surface area contributed by atoms with Gasteiger partial charge in [-0.05, 0) is 36.6 Å². The first-order valence-electron chi connectivity index (χ1n) is 4.41. The van der Waals surface area contributed by atoms with Gasteiger partial charge in [0, 0.05) is 0 Å². The minimum Gasteiger partial charge on any atom is -0.506 e. The zero-order valence-electron chi connectivity index (χ0n) is 7.93. The number of hydrogen-bond acceptors (Lipinski definition) is 2. The fraction of sp³-hybridized carbons (Fsp3) is 0.400. The Bertz CT molecular complexity index is 330. The van der Waals surface area contributed by atoms with Gasteiger partial charge in [-0.15, -0.1) is 0 Å². The molecule has 1 unspecified atom stereocenters. The third-order valence-electron chi connectivity index (χ3n) is 2.08. The zero-order chi connectivity index (χ0) is 10.7. The molecule has 0 aliphatic heterocycles. The third-order valence-corrected chi connectivity index (χ3v) is 2.37. The summed E-state index contributed by atoms with van der Waals surface area (Å²) in [6.45, 7) is 2.42. The van der Waals surface area contributed by atoms with Crippen molar-refractivity contribution in [2.24, 2.45) is 11.7 Å². The summed E-state index contributed by atoms with van der Waals surface area (Å²) in [6, 6.07) is 2.38. The van der Waals surface area contributed by atoms with Gasteiger partial charge >= 0.3 is 0 Å². The van der Waals surface area contributed by atoms with Crippen LogP contribution >= 0.6 is 11.6 Å². The van der Waals surface area contributed by atoms with E-state index < -0.39 is 5.82 Å². The van der Waals surface area contributed by atoms with Gasteiger partial charge in [-0.1, -0.05) is 18.5 Å². The number of halogens is 2. The molecule has 1 aromatic rings. The second kappa shape index (κ2) is 4.62. The molecule has 0 aliphatic rings. The zero-order valence-corrected chi connectivity index (χ0v) is 8.68. The molecule has 0 aliphatic carbocycles. The Labute approximate surface area is 87.5 Å². The highest BCUT2D eigenvalue weighted by Gasteiger charge is 2.11. The van der Waals surface area contributed by atoms with Gasteiger partial charge in [0.25, 0.3) is 0 Å². The number of phenols is 1. The van der Waals surface area contributed by atoms with Gasteiger partial charge in [0.1, 0.15) is 11.6 Å². The summed E-state index contributed by atoms with van der Waals surface area (Å²) < 4.78 is 12.9. The molecule has 1 aromatic carbocycles. The highest BCUT2D eigenvalue weighted by molar-refractivity contribution is 6.32. The minimum absolute atomic E-state index is 0.0456. The molecule has 0 radical (unpaired) electrons. The quantitative estimate of drug-likeness (QED) is 0.816. The molecule has 0 saturated heterocycles. The highest BCUT2D eigenvalue weighted by Crippen LogP contribution is 2.30. The maximum atomic E-state index is 12.9. The van der Waals surface area contributed by atoms with Gasteiger partial charge < -0.3 is 10.8 Å². The number of hydrogen-bond donors (Lipinski definition) is 2. The topological polar surface area (TPSA) is 46.2 Å². The SMILES string of the molecule is CC(CN)Cc1cc(F)cc(Cl)c1O. The van der Waals surface area contributed by atoms with Gasteiger partial charge in [-0.25, -0.2) is 4.39 Å². The fourth-order valence-corrected chi connectivity index (χ4v) is 1.46. The van der Waals surface area contributed by atoms with Crippen LogP contribution in [0.25, 0.3) is 0 Å². The van der Waals surface area contributed by atoms with E-state index in [9.17, 15) is 9.50 Å². The second-order valence-electron chi connectivity index (χ2n) is 3.44. The number of rotatable bonds is 3. The molecule has 3 N–H and O–H groups in total. The molecule has 1 atom stereocenters. The van der Waals surface area contributed by atoms with Crippen LogP contribution in [-0.4, -0.2) is 11.7 Å². The third kappa shape index (κ3) is 2.59. The Hall–Kier alpha value is -0.800. The summed E-state index contributed by atoms with van der Waals surface area (Å²) in [6.07, 6.45) is 0.528. The van der Waals surface area contributed by atoms with E-state index in [-0.39, 0.29) is 16.7 Å². The summed E-state index contributed by atoms with van der Waals surface area (Å²) in [5.74, 6) is -0.292. The first-order valence-corrected chi connectivity index (χ1v) is 4.79. The predicted octanol–water partition coefficient (Wildman–Crippen LogP) is 2.32. The van der Waals surface area contributed by atoms with Crippen LogP contribution in [0, 0.1) is 11.7 Å². The number of benzene rings is 1. The molecule has 0 aromatic heterocycles. The van der Waals surface area contributed by atoms with E-state index in [1.165, 1.54) is 6.07 Å². The fourth-order valence-electron chi connectivity index (χ4n) is 1.23. The van der Waals surface area contributed by atoms with Crippen molar-refractivity contribution in [3.05, 3.63) is 28.5 Å². The first-order chi connectivity index (χ1) is 6.54. The molecule has 1 rings (SSSR count). The molecule has 2 nitrogen and oxygen atoms in total. The lowest BCUT2D eigenvalue weighted by molar-refractivity contribution is 0.457. The monoisotopic (exact) mass is 217 g/mol. The number of aromatic hydroxyl groups is 1. The first kappa shape index (κ1) is 11.3. The van der Waals surface area contributed by atoms with Crippen LogP contribution in [0.2, 0.25) is 5.02 Å². The van der Waals surface area contributed by atoms with E-state index in [1.807, 2.05) is 6.92 Å². The van der Waals surface area contributed by atoms with Crippen molar-refractivity contribution in [1.29, 1.82) is 0 Å². The summed E-state index contributed by atoms with van der Waals surface area (Å²) in [5.41, 5.74) is 5.95. The molecule has 4 heteroatoms. The van der Waals surface area contributed by atoms with Crippen molar-refractivity contribution in [3.8, 4) is 5.75 Å². The standard InChI is InChI=1S/C10H13ClFNO/c1-6(5-13)2-7-3-8(12)4-9(11)10(7)14/h3-4,6,14H,2,5,13H2,1H3. The number of nitrogens with two attached hydrogens (primary N) is 1. The Morgan fingerprint density at radius 3 is 2.79 bits per heavy atom. The van der Waals surface area contributed by atoms with Crippen LogP contribution in [-0.2, 0) is 6.42 Å². The molecular formula is C10H13ClFNO. The average Bonchev–Trinajstić information content (AvgIpc) is 2.13. The molecule has 78 valence electrons. The van der Waals surface area contributed by atoms with Gasteiger partial charge in [-0.3, -0.25) is 0 Å². The largest absolute Gasteiger partial charge is 0.506 e. The van der Waals surface area contributed by atoms with Crippen molar-refractivity contribution in [1.82, 2.24) is 0 Å². The lowest BCUT2D eigenvalue weighted by Crippen LogP contribution is -2.13. The van der Waals surface area contributed by atoms with Crippen LogP contribution in [0.1, 0.15) is 12.5 Å². The molecule has 0 bridgehead atoms. The van der Waals surface area contributed by atoms with Crippen LogP contribution in [0.3, 0.4) is 0 Å². The molecule has 0 spiro atoms. The van der Waals surface area contributed by atoms with Gasteiger partial charge in [0.15, 0.2) is 0 Å². The van der Waals surface area contributed by atoms with Crippen LogP contribution in [0.4, 0.5) is 4.39 Å². The minimum atomic E-state index is -0.438. The normalized spacial score (nSPS) is 12.9. The van der Waals surface area contributed by atoms with E-state index in [4.69, 9.17) is 17.3 Å². The average molecular weight is 218 g/mol. The Morgan fingerprint density at radius 2 is 2.21 bits per heavy atom. The summed E-state index contributed by atoms with van der Waals surface area (Å²) in [4.78, 5) is 0. The molecule has 0 fully saturated rings. The Balaban J connectivity index is 2.96.